The molecular formula is C17H14ClFN4O. The Balaban J connectivity index is 1.90. The maximum Gasteiger partial charge on any atom is 0.278 e. The van der Waals surface area contributed by atoms with Crippen LogP contribution in [0.2, 0.25) is 5.02 Å². The molecule has 1 aromatic heterocycles. The number of halogens is 2. The number of carbonyl (C=O) groups excluding carboxylic acids is 1. The fourth-order valence-electron chi connectivity index (χ4n) is 2.30. The lowest BCUT2D eigenvalue weighted by atomic mass is 10.2. The van der Waals surface area contributed by atoms with Crippen molar-refractivity contribution < 1.29 is 9.18 Å². The van der Waals surface area contributed by atoms with E-state index in [4.69, 9.17) is 11.6 Å². The Bertz CT molecular complexity index is 905. The monoisotopic (exact) mass is 344 g/mol. The van der Waals surface area contributed by atoms with Crippen LogP contribution < -0.4 is 5.32 Å². The molecule has 0 aliphatic heterocycles. The van der Waals surface area contributed by atoms with Crippen LogP contribution in [0.5, 0.6) is 0 Å². The minimum Gasteiger partial charge on any atom is -0.321 e. The average Bonchev–Trinajstić information content (AvgIpc) is 2.93. The van der Waals surface area contributed by atoms with Crippen LogP contribution in [0.4, 0.5) is 10.1 Å². The first-order chi connectivity index (χ1) is 11.5. The molecule has 0 bridgehead atoms. The van der Waals surface area contributed by atoms with Crippen molar-refractivity contribution in [2.75, 3.05) is 5.32 Å². The van der Waals surface area contributed by atoms with Crippen LogP contribution in [0, 0.1) is 19.7 Å². The van der Waals surface area contributed by atoms with Gasteiger partial charge in [0.2, 0.25) is 0 Å². The summed E-state index contributed by atoms with van der Waals surface area (Å²) in [6, 6.07) is 10.9. The van der Waals surface area contributed by atoms with Gasteiger partial charge >= 0.3 is 0 Å². The van der Waals surface area contributed by atoms with Crippen molar-refractivity contribution >= 4 is 23.2 Å². The van der Waals surface area contributed by atoms with Gasteiger partial charge in [0.25, 0.3) is 5.91 Å². The minimum atomic E-state index is -0.412. The second-order valence-corrected chi connectivity index (χ2v) is 5.76. The largest absolute Gasteiger partial charge is 0.321 e. The van der Waals surface area contributed by atoms with E-state index in [0.717, 1.165) is 11.3 Å². The van der Waals surface area contributed by atoms with Gasteiger partial charge in [0.15, 0.2) is 5.69 Å². The zero-order valence-electron chi connectivity index (χ0n) is 13.0. The predicted octanol–water partition coefficient (Wildman–Crippen LogP) is 3.93. The summed E-state index contributed by atoms with van der Waals surface area (Å²) in [6.45, 7) is 3.67. The van der Waals surface area contributed by atoms with E-state index in [-0.39, 0.29) is 11.5 Å². The number of aromatic nitrogens is 3. The van der Waals surface area contributed by atoms with Crippen LogP contribution in [-0.2, 0) is 0 Å². The van der Waals surface area contributed by atoms with Crippen molar-refractivity contribution in [3.05, 3.63) is 70.3 Å². The number of amides is 1. The van der Waals surface area contributed by atoms with Gasteiger partial charge < -0.3 is 5.32 Å². The first kappa shape index (κ1) is 16.1. The van der Waals surface area contributed by atoms with E-state index in [9.17, 15) is 9.18 Å². The Hall–Kier alpha value is -2.73. The lowest BCUT2D eigenvalue weighted by molar-refractivity contribution is 0.102. The highest BCUT2D eigenvalue weighted by atomic mass is 35.5. The van der Waals surface area contributed by atoms with Gasteiger partial charge in [-0.1, -0.05) is 22.9 Å². The molecule has 24 heavy (non-hydrogen) atoms. The minimum absolute atomic E-state index is 0.193. The Morgan fingerprint density at radius 2 is 1.88 bits per heavy atom. The fourth-order valence-corrected chi connectivity index (χ4v) is 2.47. The van der Waals surface area contributed by atoms with Crippen LogP contribution in [0.3, 0.4) is 0 Å². The van der Waals surface area contributed by atoms with Gasteiger partial charge in [0.05, 0.1) is 11.4 Å². The van der Waals surface area contributed by atoms with E-state index in [2.05, 4.69) is 15.6 Å². The second-order valence-electron chi connectivity index (χ2n) is 5.33. The van der Waals surface area contributed by atoms with Crippen LogP contribution in [0.1, 0.15) is 21.7 Å². The Morgan fingerprint density at radius 3 is 2.58 bits per heavy atom. The molecule has 0 aliphatic rings. The van der Waals surface area contributed by atoms with E-state index in [1.54, 1.807) is 23.7 Å². The molecule has 1 N–H and O–H groups in total. The second kappa shape index (κ2) is 6.41. The third-order valence-corrected chi connectivity index (χ3v) is 3.85. The number of hydrogen-bond acceptors (Lipinski definition) is 3. The number of carbonyl (C=O) groups is 1. The molecule has 2 aromatic carbocycles. The molecule has 122 valence electrons. The summed E-state index contributed by atoms with van der Waals surface area (Å²) in [6.07, 6.45) is 0. The molecule has 3 aromatic rings. The molecule has 0 fully saturated rings. The first-order valence-corrected chi connectivity index (χ1v) is 7.59. The smallest absolute Gasteiger partial charge is 0.278 e. The van der Waals surface area contributed by atoms with Crippen molar-refractivity contribution in [3.8, 4) is 5.69 Å². The van der Waals surface area contributed by atoms with Crippen LogP contribution in [0.15, 0.2) is 42.5 Å². The lowest BCUT2D eigenvalue weighted by Crippen LogP contribution is -2.14. The number of rotatable bonds is 3. The molecule has 0 spiro atoms. The fraction of sp³-hybridized carbons (Fsp3) is 0.118. The molecule has 7 heteroatoms. The quantitative estimate of drug-likeness (QED) is 0.783. The number of anilines is 1. The molecule has 1 amide bonds. The van der Waals surface area contributed by atoms with Gasteiger partial charge in [-0.2, -0.15) is 0 Å². The van der Waals surface area contributed by atoms with E-state index in [1.165, 1.54) is 24.3 Å². The highest BCUT2D eigenvalue weighted by molar-refractivity contribution is 6.30. The molecule has 5 nitrogen and oxygen atoms in total. The summed E-state index contributed by atoms with van der Waals surface area (Å²) in [7, 11) is 0. The van der Waals surface area contributed by atoms with E-state index < -0.39 is 5.91 Å². The molecular weight excluding hydrogens is 331 g/mol. The molecule has 3 rings (SSSR count). The zero-order chi connectivity index (χ0) is 17.3. The van der Waals surface area contributed by atoms with Gasteiger partial charge in [0, 0.05) is 10.7 Å². The molecule has 0 saturated heterocycles. The van der Waals surface area contributed by atoms with Gasteiger partial charge in [-0.3, -0.25) is 4.79 Å². The SMILES string of the molecule is Cc1ccc(Cl)cc1-n1nnc(C(=O)Nc2ccc(F)cc2)c1C. The zero-order valence-corrected chi connectivity index (χ0v) is 13.8. The summed E-state index contributed by atoms with van der Waals surface area (Å²) in [5.74, 6) is -0.781. The Morgan fingerprint density at radius 1 is 1.17 bits per heavy atom. The van der Waals surface area contributed by atoms with E-state index in [1.807, 2.05) is 13.0 Å². The summed E-state index contributed by atoms with van der Waals surface area (Å²) in [5, 5.41) is 11.3. The first-order valence-electron chi connectivity index (χ1n) is 7.21. The number of nitrogens with one attached hydrogen (secondary N) is 1. The Kier molecular flexibility index (Phi) is 4.31. The van der Waals surface area contributed by atoms with Gasteiger partial charge in [0.1, 0.15) is 5.82 Å². The highest BCUT2D eigenvalue weighted by Gasteiger charge is 2.18. The normalized spacial score (nSPS) is 10.7. The van der Waals surface area contributed by atoms with E-state index in [0.29, 0.717) is 16.4 Å². The highest BCUT2D eigenvalue weighted by Crippen LogP contribution is 2.21. The van der Waals surface area contributed by atoms with Crippen molar-refractivity contribution in [2.45, 2.75) is 13.8 Å². The van der Waals surface area contributed by atoms with Gasteiger partial charge in [-0.25, -0.2) is 9.07 Å². The van der Waals surface area contributed by atoms with Crippen LogP contribution >= 0.6 is 11.6 Å². The molecule has 1 heterocycles. The van der Waals surface area contributed by atoms with Crippen LogP contribution in [0.25, 0.3) is 5.69 Å². The van der Waals surface area contributed by atoms with Gasteiger partial charge in [-0.15, -0.1) is 5.10 Å². The molecule has 0 atom stereocenters. The maximum atomic E-state index is 12.9. The third kappa shape index (κ3) is 3.14. The van der Waals surface area contributed by atoms with Crippen molar-refractivity contribution in [1.29, 1.82) is 0 Å². The predicted molar refractivity (Wildman–Crippen MR) is 90.2 cm³/mol. The summed E-state index contributed by atoms with van der Waals surface area (Å²) in [5.41, 5.74) is 2.97. The Labute approximate surface area is 143 Å². The summed E-state index contributed by atoms with van der Waals surface area (Å²) >= 11 is 6.04. The van der Waals surface area contributed by atoms with E-state index >= 15 is 0 Å². The molecule has 0 saturated carbocycles. The van der Waals surface area contributed by atoms with Crippen molar-refractivity contribution in [1.82, 2.24) is 15.0 Å². The van der Waals surface area contributed by atoms with Crippen molar-refractivity contribution in [3.63, 3.8) is 0 Å². The maximum absolute atomic E-state index is 12.9. The van der Waals surface area contributed by atoms with Crippen molar-refractivity contribution in [2.24, 2.45) is 0 Å². The molecule has 0 aliphatic carbocycles. The standard InChI is InChI=1S/C17H14ClFN4O/c1-10-3-4-12(18)9-15(10)23-11(2)16(21-22-23)17(24)20-14-7-5-13(19)6-8-14/h3-9H,1-2H3,(H,20,24). The summed E-state index contributed by atoms with van der Waals surface area (Å²) in [4.78, 5) is 12.4. The average molecular weight is 345 g/mol. The topological polar surface area (TPSA) is 59.8 Å². The molecule has 0 radical (unpaired) electrons. The number of hydrogen-bond donors (Lipinski definition) is 1. The number of nitrogens with zero attached hydrogens (tertiary/aromatic N) is 3. The summed E-state index contributed by atoms with van der Waals surface area (Å²) < 4.78 is 14.5. The molecule has 0 unspecified atom stereocenters. The third-order valence-electron chi connectivity index (χ3n) is 3.61. The number of benzene rings is 2. The lowest BCUT2D eigenvalue weighted by Gasteiger charge is -2.08. The van der Waals surface area contributed by atoms with Gasteiger partial charge in [-0.05, 0) is 55.8 Å². The number of aryl methyl sites for hydroxylation is 1. The van der Waals surface area contributed by atoms with Crippen LogP contribution in [-0.4, -0.2) is 20.9 Å².